The van der Waals surface area contributed by atoms with Crippen LogP contribution in [0.5, 0.6) is 0 Å². The number of hydrogen-bond acceptors (Lipinski definition) is 3. The minimum atomic E-state index is -0.0328. The first-order chi connectivity index (χ1) is 8.47. The number of likely N-dealkylation sites (tertiary alicyclic amines) is 1. The summed E-state index contributed by atoms with van der Waals surface area (Å²) in [6.45, 7) is 12.8. The largest absolute Gasteiger partial charge is 0.465 e. The monoisotopic (exact) mass is 255 g/mol. The molecule has 0 N–H and O–H groups in total. The van der Waals surface area contributed by atoms with Crippen molar-refractivity contribution in [2.75, 3.05) is 26.2 Å². The van der Waals surface area contributed by atoms with Gasteiger partial charge in [0.1, 0.15) is 0 Å². The van der Waals surface area contributed by atoms with Crippen molar-refractivity contribution >= 4 is 5.97 Å². The maximum absolute atomic E-state index is 11.5. The van der Waals surface area contributed by atoms with Crippen LogP contribution in [0.1, 0.15) is 47.0 Å². The van der Waals surface area contributed by atoms with Gasteiger partial charge in [-0.15, -0.1) is 0 Å². The Morgan fingerprint density at radius 1 is 1.17 bits per heavy atom. The number of carbonyl (C=O) groups is 1. The first-order valence-corrected chi connectivity index (χ1v) is 7.35. The molecule has 1 aliphatic rings. The van der Waals surface area contributed by atoms with Crippen LogP contribution in [0.15, 0.2) is 0 Å². The van der Waals surface area contributed by atoms with E-state index in [1.54, 1.807) is 0 Å². The molecule has 0 bridgehead atoms. The fourth-order valence-electron chi connectivity index (χ4n) is 2.46. The van der Waals surface area contributed by atoms with Crippen LogP contribution in [0, 0.1) is 17.8 Å². The number of piperidine rings is 1. The van der Waals surface area contributed by atoms with Gasteiger partial charge in [0.25, 0.3) is 0 Å². The Morgan fingerprint density at radius 2 is 1.78 bits per heavy atom. The highest BCUT2D eigenvalue weighted by Gasteiger charge is 2.20. The molecule has 18 heavy (non-hydrogen) atoms. The normalized spacial score (nSPS) is 18.6. The molecule has 1 saturated heterocycles. The molecular weight excluding hydrogens is 226 g/mol. The molecule has 0 unspecified atom stereocenters. The molecule has 3 heteroatoms. The lowest BCUT2D eigenvalue weighted by Gasteiger charge is -2.32. The van der Waals surface area contributed by atoms with E-state index in [0.717, 1.165) is 19.0 Å². The second-order valence-corrected chi connectivity index (χ2v) is 6.42. The molecule has 0 radical (unpaired) electrons. The van der Waals surface area contributed by atoms with Gasteiger partial charge >= 0.3 is 5.97 Å². The summed E-state index contributed by atoms with van der Waals surface area (Å²) in [5.41, 5.74) is 0. The van der Waals surface area contributed by atoms with Crippen molar-refractivity contribution in [1.82, 2.24) is 4.90 Å². The standard InChI is InChI=1S/C15H29NO2/c1-12(2)9-15(17)18-11-14-5-7-16(8-6-14)10-13(3)4/h12-14H,5-11H2,1-4H3. The minimum absolute atomic E-state index is 0.0328. The highest BCUT2D eigenvalue weighted by molar-refractivity contribution is 5.69. The summed E-state index contributed by atoms with van der Waals surface area (Å²) in [6, 6.07) is 0. The summed E-state index contributed by atoms with van der Waals surface area (Å²) in [5.74, 6) is 1.68. The van der Waals surface area contributed by atoms with Crippen molar-refractivity contribution in [3.8, 4) is 0 Å². The van der Waals surface area contributed by atoms with Crippen LogP contribution in [-0.2, 0) is 9.53 Å². The molecule has 106 valence electrons. The van der Waals surface area contributed by atoms with Crippen molar-refractivity contribution < 1.29 is 9.53 Å². The summed E-state index contributed by atoms with van der Waals surface area (Å²) in [4.78, 5) is 14.0. The van der Waals surface area contributed by atoms with Gasteiger partial charge in [-0.1, -0.05) is 27.7 Å². The van der Waals surface area contributed by atoms with E-state index in [2.05, 4.69) is 18.7 Å². The van der Waals surface area contributed by atoms with E-state index in [0.29, 0.717) is 24.9 Å². The zero-order chi connectivity index (χ0) is 13.5. The van der Waals surface area contributed by atoms with Crippen molar-refractivity contribution in [1.29, 1.82) is 0 Å². The van der Waals surface area contributed by atoms with Crippen molar-refractivity contribution in [2.24, 2.45) is 17.8 Å². The first kappa shape index (κ1) is 15.5. The van der Waals surface area contributed by atoms with E-state index in [1.165, 1.54) is 19.4 Å². The summed E-state index contributed by atoms with van der Waals surface area (Å²) in [5, 5.41) is 0. The first-order valence-electron chi connectivity index (χ1n) is 7.35. The molecule has 0 amide bonds. The van der Waals surface area contributed by atoms with E-state index in [1.807, 2.05) is 13.8 Å². The SMILES string of the molecule is CC(C)CC(=O)OCC1CCN(CC(C)C)CC1. The van der Waals surface area contributed by atoms with Crippen LogP contribution in [0.25, 0.3) is 0 Å². The number of esters is 1. The second kappa shape index (κ2) is 7.78. The molecule has 1 heterocycles. The Bertz CT molecular complexity index is 243. The van der Waals surface area contributed by atoms with Crippen LogP contribution in [0.4, 0.5) is 0 Å². The summed E-state index contributed by atoms with van der Waals surface area (Å²) in [6.07, 6.45) is 2.88. The molecule has 1 rings (SSSR count). The van der Waals surface area contributed by atoms with E-state index in [-0.39, 0.29) is 5.97 Å². The van der Waals surface area contributed by atoms with Gasteiger partial charge in [0.2, 0.25) is 0 Å². The molecule has 0 atom stereocenters. The van der Waals surface area contributed by atoms with E-state index in [9.17, 15) is 4.79 Å². The third-order valence-corrected chi connectivity index (χ3v) is 3.39. The summed E-state index contributed by atoms with van der Waals surface area (Å²) >= 11 is 0. The number of carbonyl (C=O) groups excluding carboxylic acids is 1. The Balaban J connectivity index is 2.14. The van der Waals surface area contributed by atoms with Crippen molar-refractivity contribution in [3.63, 3.8) is 0 Å². The van der Waals surface area contributed by atoms with E-state index < -0.39 is 0 Å². The molecule has 0 spiro atoms. The number of hydrogen-bond donors (Lipinski definition) is 0. The minimum Gasteiger partial charge on any atom is -0.465 e. The van der Waals surface area contributed by atoms with Crippen LogP contribution >= 0.6 is 0 Å². The molecule has 0 aliphatic carbocycles. The molecule has 0 aromatic carbocycles. The second-order valence-electron chi connectivity index (χ2n) is 6.42. The molecule has 1 fully saturated rings. The van der Waals surface area contributed by atoms with E-state index in [4.69, 9.17) is 4.74 Å². The van der Waals surface area contributed by atoms with Crippen molar-refractivity contribution in [2.45, 2.75) is 47.0 Å². The number of rotatable bonds is 6. The van der Waals surface area contributed by atoms with Crippen LogP contribution in [0.2, 0.25) is 0 Å². The topological polar surface area (TPSA) is 29.5 Å². The van der Waals surface area contributed by atoms with Gasteiger partial charge < -0.3 is 9.64 Å². The van der Waals surface area contributed by atoms with Crippen LogP contribution < -0.4 is 0 Å². The summed E-state index contributed by atoms with van der Waals surface area (Å²) < 4.78 is 5.35. The Kier molecular flexibility index (Phi) is 6.69. The van der Waals surface area contributed by atoms with Gasteiger partial charge in [-0.3, -0.25) is 4.79 Å². The molecule has 0 aromatic rings. The van der Waals surface area contributed by atoms with Gasteiger partial charge in [0.15, 0.2) is 0 Å². The molecule has 0 saturated carbocycles. The predicted molar refractivity (Wildman–Crippen MR) is 74.4 cm³/mol. The fourth-order valence-corrected chi connectivity index (χ4v) is 2.46. The van der Waals surface area contributed by atoms with Gasteiger partial charge in [-0.25, -0.2) is 0 Å². The lowest BCUT2D eigenvalue weighted by Crippen LogP contribution is -2.37. The summed E-state index contributed by atoms with van der Waals surface area (Å²) in [7, 11) is 0. The highest BCUT2D eigenvalue weighted by Crippen LogP contribution is 2.18. The van der Waals surface area contributed by atoms with Gasteiger partial charge in [0, 0.05) is 13.0 Å². The maximum atomic E-state index is 11.5. The lowest BCUT2D eigenvalue weighted by atomic mass is 9.97. The Hall–Kier alpha value is -0.570. The number of nitrogens with zero attached hydrogens (tertiary/aromatic N) is 1. The van der Waals surface area contributed by atoms with Crippen LogP contribution in [0.3, 0.4) is 0 Å². The highest BCUT2D eigenvalue weighted by atomic mass is 16.5. The average Bonchev–Trinajstić information content (AvgIpc) is 2.26. The molecule has 3 nitrogen and oxygen atoms in total. The fraction of sp³-hybridized carbons (Fsp3) is 0.933. The van der Waals surface area contributed by atoms with Crippen molar-refractivity contribution in [3.05, 3.63) is 0 Å². The molecule has 0 aromatic heterocycles. The molecular formula is C15H29NO2. The van der Waals surface area contributed by atoms with Gasteiger partial charge in [-0.2, -0.15) is 0 Å². The lowest BCUT2D eigenvalue weighted by molar-refractivity contribution is -0.146. The average molecular weight is 255 g/mol. The Labute approximate surface area is 112 Å². The third kappa shape index (κ3) is 6.39. The van der Waals surface area contributed by atoms with Gasteiger partial charge in [-0.05, 0) is 43.7 Å². The smallest absolute Gasteiger partial charge is 0.306 e. The quantitative estimate of drug-likeness (QED) is 0.683. The van der Waals surface area contributed by atoms with Crippen LogP contribution in [-0.4, -0.2) is 37.1 Å². The zero-order valence-electron chi connectivity index (χ0n) is 12.4. The maximum Gasteiger partial charge on any atom is 0.306 e. The zero-order valence-corrected chi connectivity index (χ0v) is 12.4. The van der Waals surface area contributed by atoms with Gasteiger partial charge in [0.05, 0.1) is 6.61 Å². The Morgan fingerprint density at radius 3 is 2.28 bits per heavy atom. The molecule has 1 aliphatic heterocycles. The number of ether oxygens (including phenoxy) is 1. The van der Waals surface area contributed by atoms with E-state index >= 15 is 0 Å². The third-order valence-electron chi connectivity index (χ3n) is 3.39. The predicted octanol–water partition coefficient (Wildman–Crippen LogP) is 2.94.